The lowest BCUT2D eigenvalue weighted by atomic mass is 10.1. The predicted octanol–water partition coefficient (Wildman–Crippen LogP) is 1.07. The summed E-state index contributed by atoms with van der Waals surface area (Å²) in [5.74, 6) is -0.156. The average Bonchev–Trinajstić information content (AvgIpc) is 2.93. The number of nitrogens with zero attached hydrogens (tertiary/aromatic N) is 4. The third-order valence-corrected chi connectivity index (χ3v) is 3.36. The summed E-state index contributed by atoms with van der Waals surface area (Å²) in [6, 6.07) is 7.44. The van der Waals surface area contributed by atoms with Crippen LogP contribution in [0.2, 0.25) is 0 Å². The number of aliphatic hydroxyl groups excluding tert-OH is 1. The summed E-state index contributed by atoms with van der Waals surface area (Å²) in [5, 5.41) is 14.1. The Balaban J connectivity index is 2.04. The van der Waals surface area contributed by atoms with Gasteiger partial charge in [0.1, 0.15) is 12.1 Å². The Hall–Kier alpha value is -2.54. The lowest BCUT2D eigenvalue weighted by Gasteiger charge is -2.16. The molecule has 0 fully saturated rings. The second-order valence-electron chi connectivity index (χ2n) is 4.74. The molecule has 0 bridgehead atoms. The van der Waals surface area contributed by atoms with Crippen molar-refractivity contribution in [3.63, 3.8) is 0 Å². The number of halogens is 1. The van der Waals surface area contributed by atoms with Crippen molar-refractivity contribution in [2.75, 3.05) is 0 Å². The van der Waals surface area contributed by atoms with Crippen molar-refractivity contribution in [2.24, 2.45) is 0 Å². The molecule has 0 spiro atoms. The van der Waals surface area contributed by atoms with Crippen LogP contribution in [-0.4, -0.2) is 24.3 Å². The van der Waals surface area contributed by atoms with E-state index in [-0.39, 0.29) is 17.7 Å². The predicted molar refractivity (Wildman–Crippen MR) is 73.3 cm³/mol. The molecule has 2 heterocycles. The zero-order valence-corrected chi connectivity index (χ0v) is 11.3. The Morgan fingerprint density at radius 1 is 1.38 bits per heavy atom. The SMILES string of the molecule is Cc1cc(=O)n2ncnc2n1C[C@@H](O)c1ccccc1F. The molecule has 3 rings (SSSR count). The molecule has 0 aliphatic rings. The highest BCUT2D eigenvalue weighted by Crippen LogP contribution is 2.19. The summed E-state index contributed by atoms with van der Waals surface area (Å²) < 4.78 is 16.5. The molecule has 6 nitrogen and oxygen atoms in total. The summed E-state index contributed by atoms with van der Waals surface area (Å²) in [6.07, 6.45) is 0.218. The lowest BCUT2D eigenvalue weighted by molar-refractivity contribution is 0.152. The fourth-order valence-corrected chi connectivity index (χ4v) is 2.29. The largest absolute Gasteiger partial charge is 0.386 e. The van der Waals surface area contributed by atoms with E-state index < -0.39 is 11.9 Å². The van der Waals surface area contributed by atoms with E-state index in [2.05, 4.69) is 10.1 Å². The number of hydrogen-bond donors (Lipinski definition) is 1. The van der Waals surface area contributed by atoms with E-state index in [1.165, 1.54) is 24.5 Å². The molecular weight excluding hydrogens is 275 g/mol. The normalized spacial score (nSPS) is 12.7. The molecule has 0 amide bonds. The molecule has 0 aliphatic carbocycles. The van der Waals surface area contributed by atoms with Crippen molar-refractivity contribution in [2.45, 2.75) is 19.6 Å². The minimum Gasteiger partial charge on any atom is -0.386 e. The Morgan fingerprint density at radius 3 is 2.90 bits per heavy atom. The zero-order chi connectivity index (χ0) is 15.0. The highest BCUT2D eigenvalue weighted by Gasteiger charge is 2.16. The van der Waals surface area contributed by atoms with Crippen molar-refractivity contribution < 1.29 is 9.50 Å². The molecule has 1 aromatic carbocycles. The van der Waals surface area contributed by atoms with E-state index in [1.807, 2.05) is 0 Å². The van der Waals surface area contributed by atoms with Gasteiger partial charge in [0, 0.05) is 17.3 Å². The molecular formula is C14H13FN4O2. The first kappa shape index (κ1) is 13.4. The number of hydrogen-bond acceptors (Lipinski definition) is 4. The van der Waals surface area contributed by atoms with Crippen LogP contribution in [0.5, 0.6) is 0 Å². The Labute approximate surface area is 119 Å². The summed E-state index contributed by atoms with van der Waals surface area (Å²) in [7, 11) is 0. The van der Waals surface area contributed by atoms with Crippen LogP contribution in [0.25, 0.3) is 5.78 Å². The fraction of sp³-hybridized carbons (Fsp3) is 0.214. The number of rotatable bonds is 3. The topological polar surface area (TPSA) is 72.4 Å². The zero-order valence-electron chi connectivity index (χ0n) is 11.3. The average molecular weight is 288 g/mol. The molecule has 2 aromatic heterocycles. The van der Waals surface area contributed by atoms with E-state index in [0.717, 1.165) is 4.52 Å². The van der Waals surface area contributed by atoms with E-state index in [1.54, 1.807) is 23.6 Å². The van der Waals surface area contributed by atoms with Crippen LogP contribution in [0.15, 0.2) is 41.5 Å². The third kappa shape index (κ3) is 2.31. The number of benzene rings is 1. The summed E-state index contributed by atoms with van der Waals surface area (Å²) in [6.45, 7) is 1.80. The molecule has 0 unspecified atom stereocenters. The first-order chi connectivity index (χ1) is 10.1. The number of aromatic nitrogens is 4. The molecule has 1 N–H and O–H groups in total. The molecule has 0 radical (unpaired) electrons. The van der Waals surface area contributed by atoms with E-state index >= 15 is 0 Å². The van der Waals surface area contributed by atoms with Crippen LogP contribution >= 0.6 is 0 Å². The number of fused-ring (bicyclic) bond motifs is 1. The molecule has 0 saturated heterocycles. The molecule has 21 heavy (non-hydrogen) atoms. The Bertz CT molecular complexity index is 856. The van der Waals surface area contributed by atoms with Crippen molar-refractivity contribution >= 4 is 5.78 Å². The van der Waals surface area contributed by atoms with Crippen LogP contribution in [0.3, 0.4) is 0 Å². The van der Waals surface area contributed by atoms with Crippen LogP contribution in [-0.2, 0) is 6.54 Å². The van der Waals surface area contributed by atoms with Gasteiger partial charge < -0.3 is 9.67 Å². The number of aryl methyl sites for hydroxylation is 1. The van der Waals surface area contributed by atoms with Gasteiger partial charge in [0.25, 0.3) is 5.56 Å². The van der Waals surface area contributed by atoms with Gasteiger partial charge in [0.15, 0.2) is 0 Å². The minimum atomic E-state index is -1.05. The van der Waals surface area contributed by atoms with Crippen LogP contribution < -0.4 is 5.56 Å². The van der Waals surface area contributed by atoms with E-state index in [9.17, 15) is 14.3 Å². The van der Waals surface area contributed by atoms with Gasteiger partial charge in [0.2, 0.25) is 5.78 Å². The van der Waals surface area contributed by atoms with Crippen molar-refractivity contribution in [1.82, 2.24) is 19.2 Å². The second kappa shape index (κ2) is 5.10. The first-order valence-electron chi connectivity index (χ1n) is 6.40. The minimum absolute atomic E-state index is 0.0786. The maximum absolute atomic E-state index is 13.7. The fourth-order valence-electron chi connectivity index (χ4n) is 2.29. The standard InChI is InChI=1S/C14H13FN4O2/c1-9-6-13(21)19-14(16-8-17-19)18(9)7-12(20)10-4-2-3-5-11(10)15/h2-6,8,12,20H,7H2,1H3/t12-/m1/s1. The summed E-state index contributed by atoms with van der Waals surface area (Å²) in [5.41, 5.74) is 0.529. The first-order valence-corrected chi connectivity index (χ1v) is 6.40. The van der Waals surface area contributed by atoms with Gasteiger partial charge >= 0.3 is 0 Å². The second-order valence-corrected chi connectivity index (χ2v) is 4.74. The third-order valence-electron chi connectivity index (χ3n) is 3.36. The molecule has 0 aliphatic heterocycles. The maximum atomic E-state index is 13.7. The Morgan fingerprint density at radius 2 is 2.14 bits per heavy atom. The van der Waals surface area contributed by atoms with Gasteiger partial charge in [-0.05, 0) is 13.0 Å². The highest BCUT2D eigenvalue weighted by molar-refractivity contribution is 5.30. The molecule has 108 valence electrons. The van der Waals surface area contributed by atoms with Gasteiger partial charge in [-0.1, -0.05) is 18.2 Å². The quantitative estimate of drug-likeness (QED) is 0.782. The molecule has 3 aromatic rings. The van der Waals surface area contributed by atoms with Crippen molar-refractivity contribution in [3.05, 3.63) is 64.1 Å². The highest BCUT2D eigenvalue weighted by atomic mass is 19.1. The van der Waals surface area contributed by atoms with Gasteiger partial charge in [-0.2, -0.15) is 14.6 Å². The van der Waals surface area contributed by atoms with Crippen LogP contribution in [0.4, 0.5) is 4.39 Å². The van der Waals surface area contributed by atoms with E-state index in [0.29, 0.717) is 11.5 Å². The van der Waals surface area contributed by atoms with Crippen molar-refractivity contribution in [1.29, 1.82) is 0 Å². The smallest absolute Gasteiger partial charge is 0.275 e. The molecule has 0 saturated carbocycles. The maximum Gasteiger partial charge on any atom is 0.275 e. The van der Waals surface area contributed by atoms with Crippen LogP contribution in [0, 0.1) is 12.7 Å². The van der Waals surface area contributed by atoms with Crippen molar-refractivity contribution in [3.8, 4) is 0 Å². The molecule has 7 heteroatoms. The Kier molecular flexibility index (Phi) is 3.26. The van der Waals surface area contributed by atoms with Gasteiger partial charge in [-0.15, -0.1) is 0 Å². The van der Waals surface area contributed by atoms with Crippen LogP contribution in [0.1, 0.15) is 17.4 Å². The van der Waals surface area contributed by atoms with E-state index in [4.69, 9.17) is 0 Å². The summed E-state index contributed by atoms with van der Waals surface area (Å²) >= 11 is 0. The summed E-state index contributed by atoms with van der Waals surface area (Å²) in [4.78, 5) is 15.8. The molecule has 1 atom stereocenters. The monoisotopic (exact) mass is 288 g/mol. The lowest BCUT2D eigenvalue weighted by Crippen LogP contribution is -2.22. The van der Waals surface area contributed by atoms with Gasteiger partial charge in [-0.3, -0.25) is 4.79 Å². The van der Waals surface area contributed by atoms with Gasteiger partial charge in [-0.25, -0.2) is 4.39 Å². The number of aliphatic hydroxyl groups is 1. The van der Waals surface area contributed by atoms with Gasteiger partial charge in [0.05, 0.1) is 12.6 Å².